The number of nitrogens with zero attached hydrogens (tertiary/aromatic N) is 2. The molecule has 140 valence electrons. The van der Waals surface area contributed by atoms with Crippen LogP contribution in [0.15, 0.2) is 53.7 Å². The number of likely N-dealkylation sites (N-methyl/N-ethyl adjacent to an activating group) is 1. The number of nitrogens with two attached hydrogens (primary N) is 1. The average Bonchev–Trinajstić information content (AvgIpc) is 2.64. The molecular weight excluding hydrogens is 324 g/mol. The molecule has 0 aliphatic carbocycles. The molecule has 3 N–H and O–H groups in total. The number of nitrogens with one attached hydrogen (secondary N) is 1. The van der Waals surface area contributed by atoms with Gasteiger partial charge in [-0.3, -0.25) is 0 Å². The molecule has 0 saturated heterocycles. The van der Waals surface area contributed by atoms with Crippen LogP contribution in [0.25, 0.3) is 0 Å². The summed E-state index contributed by atoms with van der Waals surface area (Å²) in [5, 5.41) is 6.07. The van der Waals surface area contributed by atoms with E-state index in [9.17, 15) is 4.91 Å². The van der Waals surface area contributed by atoms with Crippen molar-refractivity contribution in [2.24, 2.45) is 5.18 Å². The largest absolute Gasteiger partial charge is 0.399 e. The van der Waals surface area contributed by atoms with E-state index in [4.69, 9.17) is 5.73 Å². The normalized spacial score (nSPS) is 13.4. The third-order valence-electron chi connectivity index (χ3n) is 5.14. The summed E-state index contributed by atoms with van der Waals surface area (Å²) in [6.45, 7) is 3.10. The number of hydrogen-bond acceptors (Lipinski definition) is 5. The van der Waals surface area contributed by atoms with Gasteiger partial charge in [0.1, 0.15) is 0 Å². The quantitative estimate of drug-likeness (QED) is 0.385. The highest BCUT2D eigenvalue weighted by Gasteiger charge is 2.31. The summed E-state index contributed by atoms with van der Waals surface area (Å²) >= 11 is 0. The fourth-order valence-corrected chi connectivity index (χ4v) is 3.33. The second kappa shape index (κ2) is 9.34. The van der Waals surface area contributed by atoms with Crippen molar-refractivity contribution in [3.8, 4) is 0 Å². The highest BCUT2D eigenvalue weighted by molar-refractivity contribution is 5.45. The fourth-order valence-electron chi connectivity index (χ4n) is 3.33. The first-order valence-electron chi connectivity index (χ1n) is 9.13. The van der Waals surface area contributed by atoms with Crippen LogP contribution in [-0.4, -0.2) is 37.6 Å². The number of anilines is 2. The molecule has 0 radical (unpaired) electrons. The number of rotatable bonds is 10. The molecule has 0 spiro atoms. The van der Waals surface area contributed by atoms with E-state index in [-0.39, 0.29) is 12.1 Å². The van der Waals surface area contributed by atoms with Crippen molar-refractivity contribution in [1.82, 2.24) is 4.90 Å². The van der Waals surface area contributed by atoms with E-state index in [1.807, 2.05) is 12.1 Å². The van der Waals surface area contributed by atoms with Gasteiger partial charge in [-0.25, -0.2) is 0 Å². The molecule has 0 aromatic heterocycles. The molecule has 2 rings (SSSR count). The summed E-state index contributed by atoms with van der Waals surface area (Å²) in [4.78, 5) is 12.5. The molecule has 0 heterocycles. The minimum atomic E-state index is 0.0481. The van der Waals surface area contributed by atoms with E-state index >= 15 is 0 Å². The first-order valence-corrected chi connectivity index (χ1v) is 9.13. The Kier molecular flexibility index (Phi) is 7.16. The molecule has 0 bridgehead atoms. The number of nitroso groups, excluding NO2 is 1. The molecule has 0 aliphatic rings. The van der Waals surface area contributed by atoms with Crippen molar-refractivity contribution < 1.29 is 0 Å². The van der Waals surface area contributed by atoms with E-state index in [0.717, 1.165) is 30.6 Å². The van der Waals surface area contributed by atoms with Crippen molar-refractivity contribution in [3.05, 3.63) is 64.6 Å². The lowest BCUT2D eigenvalue weighted by molar-refractivity contribution is 0.143. The maximum atomic E-state index is 10.2. The number of nitrogen functional groups attached to an aromatic ring is 1. The first kappa shape index (κ1) is 19.9. The molecule has 2 aromatic carbocycles. The molecule has 0 aliphatic heterocycles. The standard InChI is InChI=1S/C21H30N4O/c1-4-21(25(2)3,15-17-5-9-19(22)10-6-17)16-18-7-11-20(12-8-18)23-13-14-24-26/h5-12,23H,4,13-16,22H2,1-3H3. The topological polar surface area (TPSA) is 70.7 Å². The zero-order chi connectivity index (χ0) is 19.0. The van der Waals surface area contributed by atoms with E-state index in [2.05, 4.69) is 72.8 Å². The Balaban J connectivity index is 2.13. The van der Waals surface area contributed by atoms with Crippen molar-refractivity contribution in [2.75, 3.05) is 38.2 Å². The molecule has 26 heavy (non-hydrogen) atoms. The van der Waals surface area contributed by atoms with Gasteiger partial charge in [0.15, 0.2) is 0 Å². The lowest BCUT2D eigenvalue weighted by Crippen LogP contribution is -2.47. The van der Waals surface area contributed by atoms with Gasteiger partial charge in [-0.2, -0.15) is 4.91 Å². The molecule has 0 saturated carbocycles. The van der Waals surface area contributed by atoms with Gasteiger partial charge in [0.2, 0.25) is 0 Å². The Morgan fingerprint density at radius 3 is 2.00 bits per heavy atom. The summed E-state index contributed by atoms with van der Waals surface area (Å²) in [5.74, 6) is 0. The second-order valence-corrected chi connectivity index (χ2v) is 7.04. The zero-order valence-electron chi connectivity index (χ0n) is 16.0. The molecule has 0 fully saturated rings. The van der Waals surface area contributed by atoms with E-state index < -0.39 is 0 Å². The van der Waals surface area contributed by atoms with Crippen LogP contribution in [0.4, 0.5) is 11.4 Å². The number of benzene rings is 2. The van der Waals surface area contributed by atoms with Gasteiger partial charge < -0.3 is 16.0 Å². The van der Waals surface area contributed by atoms with E-state index in [1.165, 1.54) is 11.1 Å². The molecular formula is C21H30N4O. The van der Waals surface area contributed by atoms with Crippen LogP contribution in [0.1, 0.15) is 24.5 Å². The summed E-state index contributed by atoms with van der Waals surface area (Å²) in [7, 11) is 4.31. The van der Waals surface area contributed by atoms with Gasteiger partial charge in [-0.15, -0.1) is 0 Å². The van der Waals surface area contributed by atoms with Crippen molar-refractivity contribution in [1.29, 1.82) is 0 Å². The Hall–Kier alpha value is -2.40. The maximum Gasteiger partial charge on any atom is 0.0983 e. The Labute approximate surface area is 156 Å². The van der Waals surface area contributed by atoms with E-state index in [0.29, 0.717) is 6.54 Å². The Bertz CT molecular complexity index is 682. The molecule has 1 unspecified atom stereocenters. The molecule has 2 aromatic rings. The van der Waals surface area contributed by atoms with Gasteiger partial charge >= 0.3 is 0 Å². The van der Waals surface area contributed by atoms with Crippen LogP contribution in [0.2, 0.25) is 0 Å². The summed E-state index contributed by atoms with van der Waals surface area (Å²) in [6, 6.07) is 16.6. The zero-order valence-corrected chi connectivity index (χ0v) is 16.0. The van der Waals surface area contributed by atoms with Crippen LogP contribution in [0, 0.1) is 4.91 Å². The van der Waals surface area contributed by atoms with Gasteiger partial charge in [0, 0.05) is 23.5 Å². The molecule has 1 atom stereocenters. The van der Waals surface area contributed by atoms with Gasteiger partial charge in [-0.05, 0) is 68.8 Å². The highest BCUT2D eigenvalue weighted by Crippen LogP contribution is 2.28. The smallest absolute Gasteiger partial charge is 0.0983 e. The van der Waals surface area contributed by atoms with Crippen LogP contribution in [-0.2, 0) is 12.8 Å². The lowest BCUT2D eigenvalue weighted by Gasteiger charge is -2.40. The summed E-state index contributed by atoms with van der Waals surface area (Å²) < 4.78 is 0. The Morgan fingerprint density at radius 2 is 1.54 bits per heavy atom. The van der Waals surface area contributed by atoms with Crippen molar-refractivity contribution in [2.45, 2.75) is 31.7 Å². The van der Waals surface area contributed by atoms with Crippen molar-refractivity contribution >= 4 is 11.4 Å². The summed E-state index contributed by atoms with van der Waals surface area (Å²) in [5.41, 5.74) is 10.3. The lowest BCUT2D eigenvalue weighted by atomic mass is 9.81. The minimum Gasteiger partial charge on any atom is -0.399 e. The predicted octanol–water partition coefficient (Wildman–Crippen LogP) is 3.94. The summed E-state index contributed by atoms with van der Waals surface area (Å²) in [6.07, 6.45) is 2.99. The van der Waals surface area contributed by atoms with Crippen LogP contribution in [0.3, 0.4) is 0 Å². The van der Waals surface area contributed by atoms with Crippen LogP contribution >= 0.6 is 0 Å². The molecule has 5 heteroatoms. The first-order chi connectivity index (χ1) is 12.5. The van der Waals surface area contributed by atoms with Crippen LogP contribution < -0.4 is 11.1 Å². The number of hydrogen-bond donors (Lipinski definition) is 2. The average molecular weight is 354 g/mol. The van der Waals surface area contributed by atoms with Gasteiger partial charge in [-0.1, -0.05) is 36.4 Å². The van der Waals surface area contributed by atoms with Crippen molar-refractivity contribution in [3.63, 3.8) is 0 Å². The van der Waals surface area contributed by atoms with Crippen LogP contribution in [0.5, 0.6) is 0 Å². The third kappa shape index (κ3) is 5.30. The second-order valence-electron chi connectivity index (χ2n) is 7.04. The minimum absolute atomic E-state index is 0.0481. The Morgan fingerprint density at radius 1 is 1.00 bits per heavy atom. The third-order valence-corrected chi connectivity index (χ3v) is 5.14. The fraction of sp³-hybridized carbons (Fsp3) is 0.429. The predicted molar refractivity (Wildman–Crippen MR) is 111 cm³/mol. The van der Waals surface area contributed by atoms with E-state index in [1.54, 1.807) is 0 Å². The van der Waals surface area contributed by atoms with Gasteiger partial charge in [0.05, 0.1) is 6.54 Å². The maximum absolute atomic E-state index is 10.2. The monoisotopic (exact) mass is 354 g/mol. The van der Waals surface area contributed by atoms with Gasteiger partial charge in [0.25, 0.3) is 0 Å². The SMILES string of the molecule is CCC(Cc1ccc(N)cc1)(Cc1ccc(NCCN=O)cc1)N(C)C. The molecule has 5 nitrogen and oxygen atoms in total. The molecule has 0 amide bonds. The highest BCUT2D eigenvalue weighted by atomic mass is 16.3.